The molecule has 1 aromatic carbocycles. The summed E-state index contributed by atoms with van der Waals surface area (Å²) in [4.78, 5) is 30.4. The molecule has 2 saturated carbocycles. The number of furan rings is 1. The van der Waals surface area contributed by atoms with Crippen LogP contribution >= 0.6 is 0 Å². The first-order valence-corrected chi connectivity index (χ1v) is 15.2. The topological polar surface area (TPSA) is 92.5 Å². The number of aliphatic hydroxyl groups is 1. The molecule has 1 saturated heterocycles. The zero-order valence-corrected chi connectivity index (χ0v) is 24.2. The second-order valence-corrected chi connectivity index (χ2v) is 13.2. The van der Waals surface area contributed by atoms with E-state index in [1.54, 1.807) is 24.7 Å². The van der Waals surface area contributed by atoms with Crippen LogP contribution in [-0.4, -0.2) is 70.2 Å². The number of carbonyl (C=O) groups is 2. The summed E-state index contributed by atoms with van der Waals surface area (Å²) in [6.45, 7) is 8.11. The van der Waals surface area contributed by atoms with E-state index in [0.29, 0.717) is 30.9 Å². The second-order valence-electron chi connectivity index (χ2n) is 13.2. The van der Waals surface area contributed by atoms with Crippen molar-refractivity contribution < 1.29 is 28.6 Å². The molecule has 2 aromatic rings. The zero-order chi connectivity index (χ0) is 28.5. The monoisotopic (exact) mass is 560 g/mol. The molecular weight excluding hydrogens is 520 g/mol. The third-order valence-electron chi connectivity index (χ3n) is 10.2. The van der Waals surface area contributed by atoms with Gasteiger partial charge in [-0.2, -0.15) is 0 Å². The molecule has 218 valence electrons. The fourth-order valence-electron chi connectivity index (χ4n) is 8.41. The van der Waals surface area contributed by atoms with Crippen molar-refractivity contribution in [1.29, 1.82) is 0 Å². The van der Waals surface area contributed by atoms with Crippen LogP contribution in [0, 0.1) is 11.8 Å². The molecule has 5 aliphatic rings. The Morgan fingerprint density at radius 2 is 2.05 bits per heavy atom. The first-order chi connectivity index (χ1) is 19.7. The van der Waals surface area contributed by atoms with Gasteiger partial charge < -0.3 is 23.9 Å². The molecule has 1 N–H and O–H groups in total. The van der Waals surface area contributed by atoms with E-state index in [1.165, 1.54) is 19.8 Å². The minimum absolute atomic E-state index is 0.00263. The van der Waals surface area contributed by atoms with Crippen molar-refractivity contribution in [3.05, 3.63) is 53.5 Å². The van der Waals surface area contributed by atoms with E-state index in [4.69, 9.17) is 13.9 Å². The number of likely N-dealkylation sites (tertiary alicyclic amines) is 1. The highest BCUT2D eigenvalue weighted by molar-refractivity contribution is 5.92. The van der Waals surface area contributed by atoms with Gasteiger partial charge in [-0.05, 0) is 80.7 Å². The molecule has 0 unspecified atom stereocenters. The summed E-state index contributed by atoms with van der Waals surface area (Å²) in [6, 6.07) is 5.49. The Bertz CT molecular complexity index is 1380. The second kappa shape index (κ2) is 9.73. The maximum Gasteiger partial charge on any atom is 0.308 e. The van der Waals surface area contributed by atoms with Crippen LogP contribution < -0.4 is 9.47 Å². The Hall–Kier alpha value is -3.10. The van der Waals surface area contributed by atoms with E-state index in [1.807, 2.05) is 17.0 Å². The molecule has 5 atom stereocenters. The van der Waals surface area contributed by atoms with Crippen LogP contribution in [0.3, 0.4) is 0 Å². The number of rotatable bonds is 8. The van der Waals surface area contributed by atoms with Gasteiger partial charge in [-0.3, -0.25) is 14.5 Å². The number of piperidine rings is 1. The standard InChI is InChI=1S/C33H40N2O6/c1-20(2)17-35(28(37)9-6-23-11-15-39-19-23)25-10-12-33(38)27-16-24-7-8-26(40-21(3)36)30-29(24)32(33,31(25)41-30)13-14-34(27)18-22-4-5-22/h6-9,11,15,19-20,22,25,27,31,38H,4-5,10,12-14,16-18H2,1-3H3/b9-6+/t25-,27+,31-,32-,33+/m0/s1. The fourth-order valence-corrected chi connectivity index (χ4v) is 8.41. The van der Waals surface area contributed by atoms with E-state index < -0.39 is 23.1 Å². The summed E-state index contributed by atoms with van der Waals surface area (Å²) >= 11 is 0. The predicted molar refractivity (Wildman–Crippen MR) is 153 cm³/mol. The lowest BCUT2D eigenvalue weighted by Gasteiger charge is -2.65. The maximum atomic E-state index is 13.9. The van der Waals surface area contributed by atoms with Crippen molar-refractivity contribution in [2.45, 2.75) is 88.5 Å². The molecule has 1 aromatic heterocycles. The molecule has 8 nitrogen and oxygen atoms in total. The minimum atomic E-state index is -0.992. The number of esters is 1. The molecule has 8 heteroatoms. The summed E-state index contributed by atoms with van der Waals surface area (Å²) in [6.07, 6.45) is 11.4. The SMILES string of the molecule is CC(=O)Oc1ccc2c3c1O[C@H]1[C@@H](N(CC(C)C)C(=O)/C=C/c4ccoc4)CC[C@@]4(O)[C@@H](C2)N(CC2CC2)CC[C@]314. The van der Waals surface area contributed by atoms with Gasteiger partial charge in [0, 0.05) is 43.3 Å². The van der Waals surface area contributed by atoms with Crippen LogP contribution in [0.4, 0.5) is 0 Å². The van der Waals surface area contributed by atoms with Gasteiger partial charge in [0.15, 0.2) is 11.5 Å². The van der Waals surface area contributed by atoms with Gasteiger partial charge in [0.05, 0.1) is 29.6 Å². The average Bonchev–Trinajstić information content (AvgIpc) is 3.44. The first kappa shape index (κ1) is 26.8. The Labute approximate surface area is 241 Å². The number of hydrogen-bond donors (Lipinski definition) is 1. The van der Waals surface area contributed by atoms with Crippen LogP contribution in [0.25, 0.3) is 6.08 Å². The molecule has 7 rings (SSSR count). The van der Waals surface area contributed by atoms with Gasteiger partial charge in [0.25, 0.3) is 0 Å². The van der Waals surface area contributed by atoms with Crippen molar-refractivity contribution in [1.82, 2.24) is 9.80 Å². The summed E-state index contributed by atoms with van der Waals surface area (Å²) in [5, 5.41) is 12.9. The highest BCUT2D eigenvalue weighted by atomic mass is 16.6. The Morgan fingerprint density at radius 3 is 2.76 bits per heavy atom. The van der Waals surface area contributed by atoms with Crippen LogP contribution in [-0.2, 0) is 21.4 Å². The van der Waals surface area contributed by atoms with E-state index in [-0.39, 0.29) is 23.9 Å². The van der Waals surface area contributed by atoms with Crippen molar-refractivity contribution in [2.75, 3.05) is 19.6 Å². The van der Waals surface area contributed by atoms with Crippen molar-refractivity contribution in [3.8, 4) is 11.5 Å². The Balaban J connectivity index is 1.32. The molecule has 3 fully saturated rings. The summed E-state index contributed by atoms with van der Waals surface area (Å²) in [7, 11) is 0. The predicted octanol–water partition coefficient (Wildman–Crippen LogP) is 4.34. The smallest absolute Gasteiger partial charge is 0.308 e. The first-order valence-electron chi connectivity index (χ1n) is 15.2. The molecule has 1 amide bonds. The van der Waals surface area contributed by atoms with Crippen LogP contribution in [0.2, 0.25) is 0 Å². The van der Waals surface area contributed by atoms with Crippen molar-refractivity contribution in [3.63, 3.8) is 0 Å². The Morgan fingerprint density at radius 1 is 1.22 bits per heavy atom. The number of benzene rings is 1. The molecule has 3 heterocycles. The number of hydrogen-bond acceptors (Lipinski definition) is 7. The Kier molecular flexibility index (Phi) is 6.36. The van der Waals surface area contributed by atoms with Gasteiger partial charge in [-0.15, -0.1) is 0 Å². The molecule has 1 spiro atoms. The highest BCUT2D eigenvalue weighted by Gasteiger charge is 2.73. The normalized spacial score (nSPS) is 31.7. The molecule has 2 bridgehead atoms. The average molecular weight is 561 g/mol. The zero-order valence-electron chi connectivity index (χ0n) is 24.2. The lowest BCUT2D eigenvalue weighted by atomic mass is 9.48. The number of ether oxygens (including phenoxy) is 2. The van der Waals surface area contributed by atoms with Crippen molar-refractivity contribution in [2.24, 2.45) is 11.8 Å². The van der Waals surface area contributed by atoms with E-state index in [9.17, 15) is 14.7 Å². The van der Waals surface area contributed by atoms with E-state index in [2.05, 4.69) is 24.8 Å². The maximum absolute atomic E-state index is 13.9. The lowest BCUT2D eigenvalue weighted by Crippen LogP contribution is -2.78. The van der Waals surface area contributed by atoms with Gasteiger partial charge >= 0.3 is 5.97 Å². The number of nitrogens with zero attached hydrogens (tertiary/aromatic N) is 2. The minimum Gasteiger partial charge on any atom is -0.483 e. The van der Waals surface area contributed by atoms with Crippen LogP contribution in [0.15, 0.2) is 41.2 Å². The summed E-state index contributed by atoms with van der Waals surface area (Å²) < 4.78 is 17.7. The van der Waals surface area contributed by atoms with Crippen molar-refractivity contribution >= 4 is 18.0 Å². The third-order valence-corrected chi connectivity index (χ3v) is 10.2. The summed E-state index contributed by atoms with van der Waals surface area (Å²) in [5.41, 5.74) is 1.33. The van der Waals surface area contributed by atoms with Crippen LogP contribution in [0.5, 0.6) is 11.5 Å². The quantitative estimate of drug-likeness (QED) is 0.292. The van der Waals surface area contributed by atoms with Gasteiger partial charge in [-0.1, -0.05) is 19.9 Å². The number of carbonyl (C=O) groups excluding carboxylic acids is 2. The fraction of sp³-hybridized carbons (Fsp3) is 0.576. The van der Waals surface area contributed by atoms with E-state index in [0.717, 1.165) is 48.5 Å². The third kappa shape index (κ3) is 4.16. The van der Waals surface area contributed by atoms with E-state index >= 15 is 0 Å². The summed E-state index contributed by atoms with van der Waals surface area (Å²) in [5.74, 6) is 1.47. The van der Waals surface area contributed by atoms with Gasteiger partial charge in [-0.25, -0.2) is 0 Å². The van der Waals surface area contributed by atoms with Gasteiger partial charge in [0.2, 0.25) is 5.91 Å². The van der Waals surface area contributed by atoms with Gasteiger partial charge in [0.1, 0.15) is 6.10 Å². The molecular formula is C33H40N2O6. The largest absolute Gasteiger partial charge is 0.483 e. The molecule has 3 aliphatic carbocycles. The molecule has 2 aliphatic heterocycles. The van der Waals surface area contributed by atoms with Crippen LogP contribution in [0.1, 0.15) is 69.6 Å². The molecule has 41 heavy (non-hydrogen) atoms. The molecule has 0 radical (unpaired) electrons. The highest BCUT2D eigenvalue weighted by Crippen LogP contribution is 2.66. The number of amides is 1. The lowest BCUT2D eigenvalue weighted by molar-refractivity contribution is -0.201.